The van der Waals surface area contributed by atoms with E-state index < -0.39 is 12.0 Å². The number of anilines is 1. The van der Waals surface area contributed by atoms with Crippen molar-refractivity contribution in [2.24, 2.45) is 0 Å². The van der Waals surface area contributed by atoms with Crippen LogP contribution in [0, 0.1) is 6.92 Å². The SMILES string of the molecule is CNC(=O)C(C)Nc1nc(C(=O)O)c(C)s1. The summed E-state index contributed by atoms with van der Waals surface area (Å²) < 4.78 is 0. The second kappa shape index (κ2) is 4.93. The number of carboxylic acids is 1. The fourth-order valence-electron chi connectivity index (χ4n) is 1.12. The Morgan fingerprint density at radius 2 is 2.12 bits per heavy atom. The molecule has 0 radical (unpaired) electrons. The lowest BCUT2D eigenvalue weighted by Crippen LogP contribution is -2.35. The van der Waals surface area contributed by atoms with Gasteiger partial charge in [-0.15, -0.1) is 11.3 Å². The van der Waals surface area contributed by atoms with E-state index in [-0.39, 0.29) is 11.6 Å². The van der Waals surface area contributed by atoms with Crippen molar-refractivity contribution in [3.8, 4) is 0 Å². The summed E-state index contributed by atoms with van der Waals surface area (Å²) in [6.45, 7) is 3.35. The molecule has 0 saturated heterocycles. The maximum atomic E-state index is 11.2. The zero-order chi connectivity index (χ0) is 12.3. The van der Waals surface area contributed by atoms with Gasteiger partial charge in [-0.05, 0) is 13.8 Å². The highest BCUT2D eigenvalue weighted by atomic mass is 32.1. The zero-order valence-corrected chi connectivity index (χ0v) is 10.0. The van der Waals surface area contributed by atoms with E-state index in [4.69, 9.17) is 5.11 Å². The predicted molar refractivity (Wildman–Crippen MR) is 61.0 cm³/mol. The molecule has 6 nitrogen and oxygen atoms in total. The fraction of sp³-hybridized carbons (Fsp3) is 0.444. The van der Waals surface area contributed by atoms with Gasteiger partial charge in [0.25, 0.3) is 0 Å². The maximum absolute atomic E-state index is 11.2. The van der Waals surface area contributed by atoms with Crippen molar-refractivity contribution in [2.45, 2.75) is 19.9 Å². The van der Waals surface area contributed by atoms with Gasteiger partial charge < -0.3 is 15.7 Å². The van der Waals surface area contributed by atoms with Gasteiger partial charge in [0.15, 0.2) is 10.8 Å². The number of aromatic nitrogens is 1. The van der Waals surface area contributed by atoms with Crippen LogP contribution in [0.25, 0.3) is 0 Å². The first-order valence-electron chi connectivity index (χ1n) is 4.64. The topological polar surface area (TPSA) is 91.3 Å². The molecular formula is C9H13N3O3S. The van der Waals surface area contributed by atoms with Crippen LogP contribution in [0.1, 0.15) is 22.3 Å². The van der Waals surface area contributed by atoms with Crippen LogP contribution < -0.4 is 10.6 Å². The molecule has 1 aromatic heterocycles. The summed E-state index contributed by atoms with van der Waals surface area (Å²) in [5.74, 6) is -1.24. The minimum absolute atomic E-state index is 0.0246. The van der Waals surface area contributed by atoms with Crippen molar-refractivity contribution in [3.63, 3.8) is 0 Å². The average molecular weight is 243 g/mol. The van der Waals surface area contributed by atoms with Crippen LogP contribution in [0.2, 0.25) is 0 Å². The van der Waals surface area contributed by atoms with E-state index in [1.807, 2.05) is 0 Å². The van der Waals surface area contributed by atoms with Gasteiger partial charge in [0.2, 0.25) is 5.91 Å². The minimum atomic E-state index is -1.06. The summed E-state index contributed by atoms with van der Waals surface area (Å²) in [6, 6.07) is -0.447. The Balaban J connectivity index is 2.79. The quantitative estimate of drug-likeness (QED) is 0.724. The molecular weight excluding hydrogens is 230 g/mol. The lowest BCUT2D eigenvalue weighted by atomic mass is 10.3. The summed E-state index contributed by atoms with van der Waals surface area (Å²) >= 11 is 1.22. The number of rotatable bonds is 4. The van der Waals surface area contributed by atoms with Crippen molar-refractivity contribution < 1.29 is 14.7 Å². The van der Waals surface area contributed by atoms with Crippen molar-refractivity contribution in [1.29, 1.82) is 0 Å². The highest BCUT2D eigenvalue weighted by Gasteiger charge is 2.17. The third kappa shape index (κ3) is 2.69. The van der Waals surface area contributed by atoms with Crippen LogP contribution in [0.15, 0.2) is 0 Å². The van der Waals surface area contributed by atoms with Crippen molar-refractivity contribution >= 4 is 28.3 Å². The number of hydrogen-bond acceptors (Lipinski definition) is 5. The molecule has 0 bridgehead atoms. The molecule has 0 aliphatic carbocycles. The van der Waals surface area contributed by atoms with Gasteiger partial charge in [0.1, 0.15) is 6.04 Å². The van der Waals surface area contributed by atoms with E-state index in [1.54, 1.807) is 13.8 Å². The van der Waals surface area contributed by atoms with Gasteiger partial charge >= 0.3 is 5.97 Å². The molecule has 1 amide bonds. The molecule has 0 saturated carbocycles. The highest BCUT2D eigenvalue weighted by Crippen LogP contribution is 2.22. The molecule has 0 aliphatic rings. The highest BCUT2D eigenvalue weighted by molar-refractivity contribution is 7.15. The maximum Gasteiger partial charge on any atom is 0.355 e. The summed E-state index contributed by atoms with van der Waals surface area (Å²) in [5.41, 5.74) is 0.0246. The number of nitrogens with one attached hydrogen (secondary N) is 2. The van der Waals surface area contributed by atoms with Crippen LogP contribution in [-0.4, -0.2) is 35.1 Å². The zero-order valence-electron chi connectivity index (χ0n) is 9.20. The first-order valence-corrected chi connectivity index (χ1v) is 5.46. The number of aromatic carboxylic acids is 1. The molecule has 1 unspecified atom stereocenters. The molecule has 1 heterocycles. The largest absolute Gasteiger partial charge is 0.476 e. The van der Waals surface area contributed by atoms with Crippen LogP contribution in [0.5, 0.6) is 0 Å². The third-order valence-corrected chi connectivity index (χ3v) is 2.88. The van der Waals surface area contributed by atoms with Crippen molar-refractivity contribution in [3.05, 3.63) is 10.6 Å². The standard InChI is InChI=1S/C9H13N3O3S/c1-4(7(13)10-3)11-9-12-6(8(14)15)5(2)16-9/h4H,1-3H3,(H,10,13)(H,11,12)(H,14,15). The Kier molecular flexibility index (Phi) is 3.83. The molecule has 1 atom stereocenters. The van der Waals surface area contributed by atoms with Gasteiger partial charge in [-0.25, -0.2) is 9.78 Å². The third-order valence-electron chi connectivity index (χ3n) is 1.98. The number of amides is 1. The van der Waals surface area contributed by atoms with Crippen LogP contribution in [0.4, 0.5) is 5.13 Å². The molecule has 16 heavy (non-hydrogen) atoms. The van der Waals surface area contributed by atoms with E-state index in [1.165, 1.54) is 18.4 Å². The lowest BCUT2D eigenvalue weighted by Gasteiger charge is -2.10. The number of carboxylic acid groups (broad SMARTS) is 1. The predicted octanol–water partition coefficient (Wildman–Crippen LogP) is 0.696. The van der Waals surface area contributed by atoms with Gasteiger partial charge in [0.05, 0.1) is 0 Å². The molecule has 3 N–H and O–H groups in total. The van der Waals surface area contributed by atoms with Crippen molar-refractivity contribution in [2.75, 3.05) is 12.4 Å². The molecule has 1 rings (SSSR count). The molecule has 7 heteroatoms. The lowest BCUT2D eigenvalue weighted by molar-refractivity contribution is -0.121. The van der Waals surface area contributed by atoms with E-state index in [0.29, 0.717) is 10.0 Å². The average Bonchev–Trinajstić information content (AvgIpc) is 2.58. The van der Waals surface area contributed by atoms with E-state index in [2.05, 4.69) is 15.6 Å². The number of carbonyl (C=O) groups is 2. The van der Waals surface area contributed by atoms with Crippen LogP contribution in [0.3, 0.4) is 0 Å². The number of nitrogens with zero attached hydrogens (tertiary/aromatic N) is 1. The summed E-state index contributed by atoms with van der Waals surface area (Å²) in [7, 11) is 1.54. The number of thiazole rings is 1. The molecule has 88 valence electrons. The monoisotopic (exact) mass is 243 g/mol. The Morgan fingerprint density at radius 3 is 2.56 bits per heavy atom. The van der Waals surface area contributed by atoms with E-state index in [9.17, 15) is 9.59 Å². The fourth-order valence-corrected chi connectivity index (χ4v) is 2.02. The van der Waals surface area contributed by atoms with Gasteiger partial charge in [0, 0.05) is 11.9 Å². The number of aryl methyl sites for hydroxylation is 1. The van der Waals surface area contributed by atoms with Gasteiger partial charge in [-0.3, -0.25) is 4.79 Å². The first kappa shape index (κ1) is 12.4. The minimum Gasteiger partial charge on any atom is -0.476 e. The number of likely N-dealkylation sites (N-methyl/N-ethyl adjacent to an activating group) is 1. The van der Waals surface area contributed by atoms with Gasteiger partial charge in [-0.2, -0.15) is 0 Å². The molecule has 0 aromatic carbocycles. The molecule has 0 aliphatic heterocycles. The van der Waals surface area contributed by atoms with E-state index in [0.717, 1.165) is 0 Å². The Labute approximate surface area is 96.7 Å². The number of hydrogen-bond donors (Lipinski definition) is 3. The Hall–Kier alpha value is -1.63. The van der Waals surface area contributed by atoms with Crippen LogP contribution >= 0.6 is 11.3 Å². The van der Waals surface area contributed by atoms with Gasteiger partial charge in [-0.1, -0.05) is 0 Å². The summed E-state index contributed by atoms with van der Waals surface area (Å²) in [4.78, 5) is 26.5. The normalized spacial score (nSPS) is 11.9. The number of carbonyl (C=O) groups excluding carboxylic acids is 1. The van der Waals surface area contributed by atoms with Crippen LogP contribution in [-0.2, 0) is 4.79 Å². The smallest absolute Gasteiger partial charge is 0.355 e. The second-order valence-corrected chi connectivity index (χ2v) is 4.41. The second-order valence-electron chi connectivity index (χ2n) is 3.21. The first-order chi connectivity index (χ1) is 7.45. The summed E-state index contributed by atoms with van der Waals surface area (Å²) in [5, 5.41) is 14.6. The summed E-state index contributed by atoms with van der Waals surface area (Å²) in [6.07, 6.45) is 0. The van der Waals surface area contributed by atoms with Crippen molar-refractivity contribution in [1.82, 2.24) is 10.3 Å². The Morgan fingerprint density at radius 1 is 1.50 bits per heavy atom. The molecule has 0 spiro atoms. The molecule has 0 fully saturated rings. The Bertz CT molecular complexity index is 416. The van der Waals surface area contributed by atoms with E-state index >= 15 is 0 Å². The molecule has 1 aromatic rings.